The summed E-state index contributed by atoms with van der Waals surface area (Å²) in [6, 6.07) is 2.84. The smallest absolute Gasteiger partial charge is 0.124 e. The van der Waals surface area contributed by atoms with Crippen LogP contribution in [0, 0.1) is 0 Å². The van der Waals surface area contributed by atoms with Crippen molar-refractivity contribution in [2.24, 2.45) is 0 Å². The maximum absolute atomic E-state index is 9.43. The van der Waals surface area contributed by atoms with Gasteiger partial charge < -0.3 is 21.1 Å². The van der Waals surface area contributed by atoms with Gasteiger partial charge in [-0.15, -0.1) is 0 Å². The van der Waals surface area contributed by atoms with Gasteiger partial charge in [0.05, 0.1) is 18.3 Å². The lowest BCUT2D eigenvalue weighted by molar-refractivity contribution is 0.193. The molecule has 2 aliphatic heterocycles. The molecule has 94 valence electrons. The lowest BCUT2D eigenvalue weighted by atomic mass is 10.2. The zero-order chi connectivity index (χ0) is 11.7. The van der Waals surface area contributed by atoms with Crippen molar-refractivity contribution in [2.45, 2.75) is 24.6 Å². The number of rotatable bonds is 4. The Balaban J connectivity index is 1.55. The quantitative estimate of drug-likeness (QED) is 0.550. The van der Waals surface area contributed by atoms with E-state index in [0.717, 1.165) is 31.9 Å². The lowest BCUT2D eigenvalue weighted by Crippen LogP contribution is -2.44. The zero-order valence-electron chi connectivity index (χ0n) is 9.76. The van der Waals surface area contributed by atoms with Crippen LogP contribution in [0.1, 0.15) is 12.5 Å². The number of aliphatic hydroxyl groups excluding tert-OH is 1. The summed E-state index contributed by atoms with van der Waals surface area (Å²) in [6.45, 7) is 3.54. The molecule has 1 aromatic rings. The van der Waals surface area contributed by atoms with Gasteiger partial charge in [-0.2, -0.15) is 5.10 Å². The molecule has 4 N–H and O–H groups in total. The minimum Gasteiger partial charge on any atom is -0.392 e. The maximum atomic E-state index is 9.43. The van der Waals surface area contributed by atoms with E-state index in [-0.39, 0.29) is 6.10 Å². The third-order valence-electron chi connectivity index (χ3n) is 3.50. The van der Waals surface area contributed by atoms with E-state index in [1.165, 1.54) is 0 Å². The predicted octanol–water partition coefficient (Wildman–Crippen LogP) is -0.838. The first-order chi connectivity index (χ1) is 8.33. The molecule has 17 heavy (non-hydrogen) atoms. The van der Waals surface area contributed by atoms with Crippen LogP contribution in [-0.2, 0) is 0 Å². The Labute approximate surface area is 100 Å². The Hall–Kier alpha value is -1.11. The fourth-order valence-corrected chi connectivity index (χ4v) is 2.37. The minimum absolute atomic E-state index is 0.192. The fourth-order valence-electron chi connectivity index (χ4n) is 2.37. The van der Waals surface area contributed by atoms with Gasteiger partial charge in [0.15, 0.2) is 0 Å². The summed E-state index contributed by atoms with van der Waals surface area (Å²) in [5.74, 6) is 1.07. The van der Waals surface area contributed by atoms with Crippen LogP contribution in [0.3, 0.4) is 0 Å². The first kappa shape index (κ1) is 11.0. The highest BCUT2D eigenvalue weighted by Crippen LogP contribution is 2.17. The molecule has 0 amide bonds. The van der Waals surface area contributed by atoms with Gasteiger partial charge in [-0.3, -0.25) is 0 Å². The highest BCUT2D eigenvalue weighted by Gasteiger charge is 2.24. The lowest BCUT2D eigenvalue weighted by Gasteiger charge is -2.29. The average molecular weight is 237 g/mol. The molecule has 3 heterocycles. The summed E-state index contributed by atoms with van der Waals surface area (Å²) in [7, 11) is 0. The van der Waals surface area contributed by atoms with Crippen molar-refractivity contribution in [1.29, 1.82) is 0 Å². The number of nitrogens with zero attached hydrogens (tertiary/aromatic N) is 2. The van der Waals surface area contributed by atoms with Crippen LogP contribution in [0.4, 0.5) is 5.82 Å². The fraction of sp³-hybridized carbons (Fsp3) is 0.727. The highest BCUT2D eigenvalue weighted by molar-refractivity contribution is 5.35. The molecular weight excluding hydrogens is 218 g/mol. The van der Waals surface area contributed by atoms with Crippen LogP contribution < -0.4 is 16.0 Å². The molecule has 1 aromatic heterocycles. The van der Waals surface area contributed by atoms with Crippen molar-refractivity contribution in [2.75, 3.05) is 31.5 Å². The Morgan fingerprint density at radius 3 is 3.00 bits per heavy atom. The van der Waals surface area contributed by atoms with Crippen LogP contribution in [0.2, 0.25) is 0 Å². The van der Waals surface area contributed by atoms with Gasteiger partial charge in [-0.25, -0.2) is 4.68 Å². The maximum Gasteiger partial charge on any atom is 0.124 e. The molecule has 0 spiro atoms. The summed E-state index contributed by atoms with van der Waals surface area (Å²) >= 11 is 0. The number of hydrogen-bond acceptors (Lipinski definition) is 5. The van der Waals surface area contributed by atoms with Gasteiger partial charge in [-0.1, -0.05) is 0 Å². The van der Waals surface area contributed by atoms with E-state index >= 15 is 0 Å². The molecule has 0 aromatic carbocycles. The van der Waals surface area contributed by atoms with E-state index in [1.54, 1.807) is 0 Å². The highest BCUT2D eigenvalue weighted by atomic mass is 16.3. The molecule has 0 aliphatic carbocycles. The van der Waals surface area contributed by atoms with Crippen LogP contribution in [0.25, 0.3) is 0 Å². The minimum atomic E-state index is -0.192. The molecule has 0 bridgehead atoms. The number of β-amino-alcohol motifs (C(OH)–C–C–N with tert-alkyl or cyclic N) is 1. The number of anilines is 1. The van der Waals surface area contributed by atoms with Crippen molar-refractivity contribution in [3.63, 3.8) is 0 Å². The monoisotopic (exact) mass is 237 g/mol. The zero-order valence-corrected chi connectivity index (χ0v) is 9.76. The topological polar surface area (TPSA) is 74.1 Å². The Morgan fingerprint density at radius 1 is 1.47 bits per heavy atom. The van der Waals surface area contributed by atoms with E-state index in [2.05, 4.69) is 21.0 Å². The molecule has 2 aliphatic rings. The van der Waals surface area contributed by atoms with Gasteiger partial charge >= 0.3 is 0 Å². The van der Waals surface area contributed by atoms with Gasteiger partial charge in [-0.05, 0) is 6.42 Å². The van der Waals surface area contributed by atoms with Gasteiger partial charge in [0.2, 0.25) is 0 Å². The first-order valence-electron chi connectivity index (χ1n) is 6.22. The van der Waals surface area contributed by atoms with Crippen LogP contribution in [0.5, 0.6) is 0 Å². The van der Waals surface area contributed by atoms with E-state index < -0.39 is 0 Å². The molecule has 2 atom stereocenters. The van der Waals surface area contributed by atoms with Crippen LogP contribution in [0.15, 0.2) is 12.3 Å². The van der Waals surface area contributed by atoms with Gasteiger partial charge in [0.1, 0.15) is 5.82 Å². The second-order valence-electron chi connectivity index (χ2n) is 4.85. The molecular formula is C11H19N5O. The van der Waals surface area contributed by atoms with Crippen molar-refractivity contribution in [3.8, 4) is 0 Å². The van der Waals surface area contributed by atoms with Crippen LogP contribution >= 0.6 is 0 Å². The Bertz CT molecular complexity index is 376. The molecule has 0 saturated carbocycles. The molecule has 6 nitrogen and oxygen atoms in total. The molecule has 3 rings (SSSR count). The normalized spacial score (nSPS) is 29.2. The number of aliphatic hydroxyl groups is 1. The Kier molecular flexibility index (Phi) is 3.00. The molecule has 2 unspecified atom stereocenters. The van der Waals surface area contributed by atoms with Crippen molar-refractivity contribution < 1.29 is 5.11 Å². The van der Waals surface area contributed by atoms with Crippen molar-refractivity contribution in [3.05, 3.63) is 12.3 Å². The summed E-state index contributed by atoms with van der Waals surface area (Å²) in [5.41, 5.74) is 0. The molecule has 6 heteroatoms. The standard InChI is InChI=1S/C11H19N5O/c17-10-3-8(13-7-10)4-14-11-1-2-15-16(11)9-5-12-6-9/h1-2,8-10,12-14,17H,3-7H2. The van der Waals surface area contributed by atoms with E-state index in [0.29, 0.717) is 18.6 Å². The molecule has 0 radical (unpaired) electrons. The van der Waals surface area contributed by atoms with Crippen LogP contribution in [-0.4, -0.2) is 53.2 Å². The second-order valence-corrected chi connectivity index (χ2v) is 4.85. The Morgan fingerprint density at radius 2 is 2.35 bits per heavy atom. The number of nitrogens with one attached hydrogen (secondary N) is 3. The molecule has 2 fully saturated rings. The summed E-state index contributed by atoms with van der Waals surface area (Å²) in [6.07, 6.45) is 2.46. The summed E-state index contributed by atoms with van der Waals surface area (Å²) in [4.78, 5) is 0. The third kappa shape index (κ3) is 2.29. The van der Waals surface area contributed by atoms with Crippen molar-refractivity contribution in [1.82, 2.24) is 20.4 Å². The SMILES string of the molecule is OC1CNC(CNc2ccnn2C2CNC2)C1. The first-order valence-corrected chi connectivity index (χ1v) is 6.22. The molecule has 2 saturated heterocycles. The van der Waals surface area contributed by atoms with Gasteiger partial charge in [0.25, 0.3) is 0 Å². The van der Waals surface area contributed by atoms with E-state index in [1.807, 2.05) is 16.9 Å². The van der Waals surface area contributed by atoms with E-state index in [4.69, 9.17) is 0 Å². The second kappa shape index (κ2) is 4.64. The summed E-state index contributed by atoms with van der Waals surface area (Å²) < 4.78 is 2.04. The predicted molar refractivity (Wildman–Crippen MR) is 65.0 cm³/mol. The number of aromatic nitrogens is 2. The number of hydrogen-bond donors (Lipinski definition) is 4. The van der Waals surface area contributed by atoms with Gasteiger partial charge in [0, 0.05) is 38.3 Å². The summed E-state index contributed by atoms with van der Waals surface area (Å²) in [5, 5.41) is 23.7. The van der Waals surface area contributed by atoms with E-state index in [9.17, 15) is 5.11 Å². The third-order valence-corrected chi connectivity index (χ3v) is 3.50. The average Bonchev–Trinajstić information content (AvgIpc) is 2.82. The van der Waals surface area contributed by atoms with Crippen molar-refractivity contribution >= 4 is 5.82 Å². The largest absolute Gasteiger partial charge is 0.392 e.